The van der Waals surface area contributed by atoms with Crippen molar-refractivity contribution in [2.75, 3.05) is 39.6 Å². The third-order valence-electron chi connectivity index (χ3n) is 17.4. The second-order valence-corrected chi connectivity index (χ2v) is 30.5. The predicted molar refractivity (Wildman–Crippen MR) is 427 cm³/mol. The molecule has 0 aliphatic heterocycles. The molecule has 0 spiro atoms. The number of unbranched alkanes of at least 4 members (excludes halogenated alkanes) is 37. The van der Waals surface area contributed by atoms with E-state index in [-0.39, 0.29) is 19.3 Å². The van der Waals surface area contributed by atoms with Gasteiger partial charge in [0.15, 0.2) is 6.10 Å². The van der Waals surface area contributed by atoms with E-state index in [1.54, 1.807) is 0 Å². The first-order valence-electron chi connectivity index (χ1n) is 41.2. The van der Waals surface area contributed by atoms with E-state index in [9.17, 15) is 43.5 Å². The van der Waals surface area contributed by atoms with E-state index < -0.39 is 91.5 Å². The summed E-state index contributed by atoms with van der Waals surface area (Å²) in [4.78, 5) is 58.6. The second-order valence-electron chi connectivity index (χ2n) is 27.6. The average Bonchev–Trinajstić information content (AvgIpc) is 0.936. The van der Waals surface area contributed by atoms with Gasteiger partial charge in [0.2, 0.25) is 0 Å². The standard InChI is InChI=1S/C85H150O16P2/c1-4-7-10-13-16-19-22-24-26-28-30-32-34-36-38-39-41-43-44-46-48-50-52-54-57-59-62-65-68-71-83(88)95-74-80(86)75-97-102(91,92)98-76-81(87)77-99-103(93,94)100-79-82(101-85(90)73-70-67-64-61-56-21-18-15-12-9-6-3)78-96-84(89)72-69-66-63-60-58-55-53-51-49-47-45-42-40-37-35-33-31-29-27-25-23-20-17-14-11-8-5-2/h15-20,24-27,30-33,36-38,40,80-82,86-87H,4-14,21-23,28-29,34-35,39,41-79H2,1-3H3,(H,91,92)(H,93,94)/b18-15-,19-16-,20-17-,26-24-,27-25-,32-30-,33-31-,38-36-,40-37-. The Morgan fingerprint density at radius 3 is 0.806 bits per heavy atom. The van der Waals surface area contributed by atoms with Crippen LogP contribution in [0.2, 0.25) is 0 Å². The van der Waals surface area contributed by atoms with Gasteiger partial charge in [-0.05, 0) is 128 Å². The number of phosphoric acid groups is 2. The van der Waals surface area contributed by atoms with Gasteiger partial charge in [-0.2, -0.15) is 0 Å². The molecule has 0 bridgehead atoms. The summed E-state index contributed by atoms with van der Waals surface area (Å²) in [6.07, 6.45) is 91.5. The minimum atomic E-state index is -4.93. The number of esters is 3. The smallest absolute Gasteiger partial charge is 0.463 e. The van der Waals surface area contributed by atoms with Crippen molar-refractivity contribution < 1.29 is 75.8 Å². The Hall–Kier alpha value is -3.79. The molecule has 0 rings (SSSR count). The summed E-state index contributed by atoms with van der Waals surface area (Å²) in [7, 11) is -9.78. The van der Waals surface area contributed by atoms with Crippen LogP contribution < -0.4 is 0 Å². The van der Waals surface area contributed by atoms with Crippen molar-refractivity contribution in [3.05, 3.63) is 109 Å². The molecular formula is C85H150O16P2. The maximum atomic E-state index is 12.9. The van der Waals surface area contributed by atoms with Gasteiger partial charge in [0, 0.05) is 19.3 Å². The summed E-state index contributed by atoms with van der Waals surface area (Å²) < 4.78 is 61.1. The van der Waals surface area contributed by atoms with Gasteiger partial charge < -0.3 is 34.2 Å². The molecule has 0 heterocycles. The number of carbonyl (C=O) groups excluding carboxylic acids is 3. The van der Waals surface area contributed by atoms with E-state index in [0.717, 1.165) is 135 Å². The van der Waals surface area contributed by atoms with Crippen molar-refractivity contribution in [2.45, 2.75) is 373 Å². The minimum absolute atomic E-state index is 0.0935. The van der Waals surface area contributed by atoms with E-state index in [0.29, 0.717) is 19.3 Å². The fourth-order valence-electron chi connectivity index (χ4n) is 11.1. The predicted octanol–water partition coefficient (Wildman–Crippen LogP) is 24.3. The molecular weight excluding hydrogens is 1340 g/mol. The van der Waals surface area contributed by atoms with Crippen molar-refractivity contribution in [1.82, 2.24) is 0 Å². The summed E-state index contributed by atoms with van der Waals surface area (Å²) in [6.45, 7) is 2.60. The second kappa shape index (κ2) is 77.8. The fourth-order valence-corrected chi connectivity index (χ4v) is 12.7. The molecule has 16 nitrogen and oxygen atoms in total. The zero-order valence-corrected chi connectivity index (χ0v) is 67.0. The third-order valence-corrected chi connectivity index (χ3v) is 19.3. The van der Waals surface area contributed by atoms with Crippen molar-refractivity contribution in [2.24, 2.45) is 0 Å². The summed E-state index contributed by atoms with van der Waals surface area (Å²) in [5.74, 6) is -1.58. The molecule has 0 saturated carbocycles. The van der Waals surface area contributed by atoms with Gasteiger partial charge >= 0.3 is 33.6 Å². The Balaban J connectivity index is 4.42. The lowest BCUT2D eigenvalue weighted by Gasteiger charge is -2.21. The molecule has 0 amide bonds. The zero-order chi connectivity index (χ0) is 75.2. The maximum Gasteiger partial charge on any atom is 0.472 e. The van der Waals surface area contributed by atoms with Crippen LogP contribution in [0, 0.1) is 0 Å². The lowest BCUT2D eigenvalue weighted by Crippen LogP contribution is -2.30. The number of allylic oxidation sites excluding steroid dienone is 18. The van der Waals surface area contributed by atoms with Crippen LogP contribution in [0.3, 0.4) is 0 Å². The number of carbonyl (C=O) groups is 3. The topological polar surface area (TPSA) is 231 Å². The van der Waals surface area contributed by atoms with Crippen LogP contribution in [0.25, 0.3) is 0 Å². The summed E-state index contributed by atoms with van der Waals surface area (Å²) in [5.41, 5.74) is 0. The van der Waals surface area contributed by atoms with E-state index in [4.69, 9.17) is 32.3 Å². The van der Waals surface area contributed by atoms with Gasteiger partial charge in [-0.25, -0.2) is 9.13 Å². The Bertz CT molecular complexity index is 2310. The fraction of sp³-hybridized carbons (Fsp3) is 0.753. The van der Waals surface area contributed by atoms with E-state index >= 15 is 0 Å². The number of hydrogen-bond acceptors (Lipinski definition) is 14. The highest BCUT2D eigenvalue weighted by Crippen LogP contribution is 2.45. The SMILES string of the molecule is CCCC/C=C\CCCCCCCC(=O)OC(COC(=O)CCCCCCCCCCCCC/C=C\C/C=C\C/C=C\C/C=C\CCCCC)COP(=O)(O)OCC(O)COP(=O)(O)OCC(O)COC(=O)CCCCCCCCCCCCCCC/C=C\C/C=C\C/C=C\C/C=C\CCCCC. The highest BCUT2D eigenvalue weighted by atomic mass is 31.2. The average molecular weight is 1490 g/mol. The van der Waals surface area contributed by atoms with Crippen LogP contribution in [0.1, 0.15) is 355 Å². The molecule has 5 unspecified atom stereocenters. The molecule has 0 aromatic rings. The molecule has 0 aromatic carbocycles. The number of phosphoric ester groups is 2. The normalized spacial score (nSPS) is 14.5. The Morgan fingerprint density at radius 2 is 0.495 bits per heavy atom. The van der Waals surface area contributed by atoms with Crippen LogP contribution in [-0.4, -0.2) is 95.9 Å². The first-order valence-corrected chi connectivity index (χ1v) is 44.2. The summed E-state index contributed by atoms with van der Waals surface area (Å²) in [5, 5.41) is 20.6. The van der Waals surface area contributed by atoms with Crippen molar-refractivity contribution in [3.63, 3.8) is 0 Å². The largest absolute Gasteiger partial charge is 0.472 e. The molecule has 0 radical (unpaired) electrons. The quantitative estimate of drug-likeness (QED) is 0.0146. The summed E-state index contributed by atoms with van der Waals surface area (Å²) >= 11 is 0. The summed E-state index contributed by atoms with van der Waals surface area (Å²) in [6, 6.07) is 0. The Morgan fingerprint density at radius 1 is 0.272 bits per heavy atom. The van der Waals surface area contributed by atoms with Gasteiger partial charge in [-0.3, -0.25) is 32.5 Å². The lowest BCUT2D eigenvalue weighted by molar-refractivity contribution is -0.161. The molecule has 0 aromatic heterocycles. The van der Waals surface area contributed by atoms with Gasteiger partial charge in [0.25, 0.3) is 0 Å². The number of ether oxygens (including phenoxy) is 3. The van der Waals surface area contributed by atoms with Gasteiger partial charge in [-0.15, -0.1) is 0 Å². The molecule has 18 heteroatoms. The first-order chi connectivity index (χ1) is 50.2. The molecule has 103 heavy (non-hydrogen) atoms. The number of hydrogen-bond donors (Lipinski definition) is 4. The van der Waals surface area contributed by atoms with Gasteiger partial charge in [0.05, 0.1) is 26.4 Å². The van der Waals surface area contributed by atoms with Gasteiger partial charge in [-0.1, -0.05) is 316 Å². The first kappa shape index (κ1) is 99.2. The zero-order valence-electron chi connectivity index (χ0n) is 65.2. The highest BCUT2D eigenvalue weighted by Gasteiger charge is 2.29. The third kappa shape index (κ3) is 79.1. The lowest BCUT2D eigenvalue weighted by atomic mass is 10.0. The monoisotopic (exact) mass is 1490 g/mol. The molecule has 4 N–H and O–H groups in total. The van der Waals surface area contributed by atoms with Crippen molar-refractivity contribution >= 4 is 33.6 Å². The Labute approximate surface area is 628 Å². The number of rotatable bonds is 78. The molecule has 0 aliphatic rings. The number of aliphatic hydroxyl groups excluding tert-OH is 2. The van der Waals surface area contributed by atoms with Crippen LogP contribution >= 0.6 is 15.6 Å². The van der Waals surface area contributed by atoms with E-state index in [1.165, 1.54) is 161 Å². The van der Waals surface area contributed by atoms with E-state index in [1.807, 2.05) is 0 Å². The Kier molecular flexibility index (Phi) is 74.9. The number of aliphatic hydroxyl groups is 2. The molecule has 5 atom stereocenters. The van der Waals surface area contributed by atoms with Crippen molar-refractivity contribution in [3.8, 4) is 0 Å². The molecule has 0 fully saturated rings. The van der Waals surface area contributed by atoms with Crippen LogP contribution in [-0.2, 0) is 55.8 Å². The van der Waals surface area contributed by atoms with Crippen LogP contribution in [0.15, 0.2) is 109 Å². The van der Waals surface area contributed by atoms with Crippen LogP contribution in [0.5, 0.6) is 0 Å². The molecule has 0 aliphatic carbocycles. The van der Waals surface area contributed by atoms with Gasteiger partial charge in [0.1, 0.15) is 25.4 Å². The van der Waals surface area contributed by atoms with Crippen molar-refractivity contribution in [1.29, 1.82) is 0 Å². The van der Waals surface area contributed by atoms with E-state index in [2.05, 4.69) is 130 Å². The van der Waals surface area contributed by atoms with Crippen LogP contribution in [0.4, 0.5) is 0 Å². The molecule has 596 valence electrons. The molecule has 0 saturated heterocycles. The minimum Gasteiger partial charge on any atom is -0.463 e. The maximum absolute atomic E-state index is 12.9. The highest BCUT2D eigenvalue weighted by molar-refractivity contribution is 7.47.